The zero-order chi connectivity index (χ0) is 17.9. The van der Waals surface area contributed by atoms with E-state index in [4.69, 9.17) is 4.74 Å². The van der Waals surface area contributed by atoms with Crippen molar-refractivity contribution in [3.05, 3.63) is 42.2 Å². The first kappa shape index (κ1) is 17.1. The number of rotatable bonds is 5. The Balaban J connectivity index is 1.42. The van der Waals surface area contributed by atoms with E-state index >= 15 is 0 Å². The van der Waals surface area contributed by atoms with Crippen LogP contribution in [0.15, 0.2) is 36.7 Å². The molecule has 2 N–H and O–H groups in total. The number of ether oxygens (including phenoxy) is 1. The van der Waals surface area contributed by atoms with Crippen molar-refractivity contribution in [3.63, 3.8) is 0 Å². The van der Waals surface area contributed by atoms with Crippen LogP contribution >= 0.6 is 0 Å². The van der Waals surface area contributed by atoms with E-state index in [0.717, 1.165) is 36.4 Å². The van der Waals surface area contributed by atoms with E-state index < -0.39 is 0 Å². The Morgan fingerprint density at radius 3 is 2.92 bits per heavy atom. The van der Waals surface area contributed by atoms with E-state index in [1.54, 1.807) is 4.68 Å². The lowest BCUT2D eigenvalue weighted by Gasteiger charge is -2.18. The first-order valence-corrected chi connectivity index (χ1v) is 9.46. The van der Waals surface area contributed by atoms with Crippen LogP contribution in [0.2, 0.25) is 0 Å². The molecule has 1 saturated heterocycles. The van der Waals surface area contributed by atoms with Gasteiger partial charge in [0.15, 0.2) is 0 Å². The van der Waals surface area contributed by atoms with E-state index in [1.807, 2.05) is 43.7 Å². The number of anilines is 1. The molecule has 0 spiro atoms. The van der Waals surface area contributed by atoms with Crippen LogP contribution < -0.4 is 15.4 Å². The van der Waals surface area contributed by atoms with Crippen molar-refractivity contribution >= 4 is 11.6 Å². The van der Waals surface area contributed by atoms with Gasteiger partial charge in [-0.3, -0.25) is 9.48 Å². The number of aromatic nitrogens is 2. The fourth-order valence-corrected chi connectivity index (χ4v) is 4.02. The van der Waals surface area contributed by atoms with Crippen LogP contribution in [-0.4, -0.2) is 34.9 Å². The fraction of sp³-hybridized carbons (Fsp3) is 0.500. The van der Waals surface area contributed by atoms with Crippen LogP contribution in [0.5, 0.6) is 5.75 Å². The Morgan fingerprint density at radius 1 is 1.31 bits per heavy atom. The van der Waals surface area contributed by atoms with Gasteiger partial charge in [-0.05, 0) is 43.4 Å². The number of carbonyl (C=O) groups is 1. The molecule has 2 atom stereocenters. The third kappa shape index (κ3) is 3.75. The van der Waals surface area contributed by atoms with Gasteiger partial charge >= 0.3 is 0 Å². The minimum absolute atomic E-state index is 0.0434. The van der Waals surface area contributed by atoms with Crippen molar-refractivity contribution in [2.24, 2.45) is 13.0 Å². The Labute approximate surface area is 153 Å². The molecule has 6 nitrogen and oxygen atoms in total. The van der Waals surface area contributed by atoms with Gasteiger partial charge in [-0.15, -0.1) is 0 Å². The average Bonchev–Trinajstić information content (AvgIpc) is 3.36. The summed E-state index contributed by atoms with van der Waals surface area (Å²) in [5.41, 5.74) is 1.90. The number of carbonyl (C=O) groups excluding carboxylic acids is 1. The van der Waals surface area contributed by atoms with E-state index in [-0.39, 0.29) is 17.7 Å². The first-order valence-electron chi connectivity index (χ1n) is 9.46. The maximum atomic E-state index is 12.8. The van der Waals surface area contributed by atoms with Crippen LogP contribution in [0.4, 0.5) is 5.69 Å². The average molecular weight is 354 g/mol. The summed E-state index contributed by atoms with van der Waals surface area (Å²) in [6.45, 7) is 1.48. The van der Waals surface area contributed by atoms with Gasteiger partial charge in [-0.1, -0.05) is 6.07 Å². The number of hydrogen-bond acceptors (Lipinski definition) is 4. The Bertz CT molecular complexity index is 767. The smallest absolute Gasteiger partial charge is 0.229 e. The normalized spacial score (nSPS) is 23.3. The minimum Gasteiger partial charge on any atom is -0.490 e. The summed E-state index contributed by atoms with van der Waals surface area (Å²) in [5, 5.41) is 10.6. The van der Waals surface area contributed by atoms with Gasteiger partial charge < -0.3 is 15.4 Å². The highest BCUT2D eigenvalue weighted by molar-refractivity contribution is 5.93. The summed E-state index contributed by atoms with van der Waals surface area (Å²) in [6.07, 6.45) is 8.89. The predicted octanol–water partition coefficient (Wildman–Crippen LogP) is 2.68. The first-order chi connectivity index (χ1) is 12.7. The summed E-state index contributed by atoms with van der Waals surface area (Å²) in [7, 11) is 1.90. The summed E-state index contributed by atoms with van der Waals surface area (Å²) in [4.78, 5) is 12.8. The molecule has 1 aromatic carbocycles. The number of benzene rings is 1. The monoisotopic (exact) mass is 354 g/mol. The molecule has 1 saturated carbocycles. The van der Waals surface area contributed by atoms with Crippen LogP contribution in [0.3, 0.4) is 0 Å². The number of nitrogens with one attached hydrogen (secondary N) is 2. The van der Waals surface area contributed by atoms with Gasteiger partial charge in [0, 0.05) is 44.0 Å². The molecule has 2 fully saturated rings. The molecule has 1 aromatic heterocycles. The van der Waals surface area contributed by atoms with E-state index in [1.165, 1.54) is 12.8 Å². The van der Waals surface area contributed by atoms with Gasteiger partial charge in [0.05, 0.1) is 18.2 Å². The standard InChI is InChI=1S/C20H26N4O2/c1-24-13-14(10-22-24)18-11-21-12-19(18)20(25)23-15-5-4-8-17(9-15)26-16-6-2-3-7-16/h4-5,8-10,13,16,18-19,21H,2-3,6-7,11-12H2,1H3,(H,23,25)/t18-,19+/m1/s1. The molecule has 2 aliphatic rings. The molecule has 0 bridgehead atoms. The quantitative estimate of drug-likeness (QED) is 0.866. The largest absolute Gasteiger partial charge is 0.490 e. The molecule has 138 valence electrons. The van der Waals surface area contributed by atoms with Crippen LogP contribution in [0.1, 0.15) is 37.2 Å². The second-order valence-corrected chi connectivity index (χ2v) is 7.36. The minimum atomic E-state index is -0.0985. The summed E-state index contributed by atoms with van der Waals surface area (Å²) < 4.78 is 7.83. The molecule has 26 heavy (non-hydrogen) atoms. The second kappa shape index (κ2) is 7.50. The van der Waals surface area contributed by atoms with Gasteiger partial charge in [0.25, 0.3) is 0 Å². The number of amides is 1. The van der Waals surface area contributed by atoms with Crippen molar-refractivity contribution in [1.82, 2.24) is 15.1 Å². The number of aryl methyl sites for hydroxylation is 1. The summed E-state index contributed by atoms with van der Waals surface area (Å²) in [6, 6.07) is 7.74. The highest BCUT2D eigenvalue weighted by atomic mass is 16.5. The molecule has 0 radical (unpaired) electrons. The van der Waals surface area contributed by atoms with Crippen LogP contribution in [0, 0.1) is 5.92 Å². The molecule has 4 rings (SSSR count). The maximum Gasteiger partial charge on any atom is 0.229 e. The van der Waals surface area contributed by atoms with E-state index in [2.05, 4.69) is 15.7 Å². The Morgan fingerprint density at radius 2 is 2.15 bits per heavy atom. The van der Waals surface area contributed by atoms with E-state index in [9.17, 15) is 4.79 Å². The lowest BCUT2D eigenvalue weighted by Crippen LogP contribution is -2.28. The molecule has 6 heteroatoms. The Hall–Kier alpha value is -2.34. The molecule has 0 unspecified atom stereocenters. The number of nitrogens with zero attached hydrogens (tertiary/aromatic N) is 2. The lowest BCUT2D eigenvalue weighted by atomic mass is 9.90. The highest BCUT2D eigenvalue weighted by Crippen LogP contribution is 2.30. The van der Waals surface area contributed by atoms with Crippen molar-refractivity contribution in [3.8, 4) is 5.75 Å². The zero-order valence-electron chi connectivity index (χ0n) is 15.1. The second-order valence-electron chi connectivity index (χ2n) is 7.36. The molecule has 1 aliphatic carbocycles. The van der Waals surface area contributed by atoms with Crippen LogP contribution in [-0.2, 0) is 11.8 Å². The topological polar surface area (TPSA) is 68.2 Å². The van der Waals surface area contributed by atoms with Crippen molar-refractivity contribution < 1.29 is 9.53 Å². The van der Waals surface area contributed by atoms with Gasteiger partial charge in [-0.2, -0.15) is 5.10 Å². The summed E-state index contributed by atoms with van der Waals surface area (Å²) >= 11 is 0. The van der Waals surface area contributed by atoms with Crippen molar-refractivity contribution in [2.75, 3.05) is 18.4 Å². The third-order valence-electron chi connectivity index (χ3n) is 5.41. The van der Waals surface area contributed by atoms with Crippen molar-refractivity contribution in [1.29, 1.82) is 0 Å². The molecule has 2 heterocycles. The van der Waals surface area contributed by atoms with Gasteiger partial charge in [-0.25, -0.2) is 0 Å². The molecule has 1 aliphatic heterocycles. The highest BCUT2D eigenvalue weighted by Gasteiger charge is 2.34. The van der Waals surface area contributed by atoms with Gasteiger partial charge in [0.2, 0.25) is 5.91 Å². The van der Waals surface area contributed by atoms with E-state index in [0.29, 0.717) is 12.6 Å². The SMILES string of the molecule is Cn1cc([C@H]2CNC[C@@H]2C(=O)Nc2cccc(OC3CCCC3)c2)cn1. The van der Waals surface area contributed by atoms with Gasteiger partial charge in [0.1, 0.15) is 5.75 Å². The molecule has 1 amide bonds. The molecular formula is C20H26N4O2. The summed E-state index contributed by atoms with van der Waals surface area (Å²) in [5.74, 6) is 0.935. The fourth-order valence-electron chi connectivity index (χ4n) is 4.02. The van der Waals surface area contributed by atoms with Crippen LogP contribution in [0.25, 0.3) is 0 Å². The lowest BCUT2D eigenvalue weighted by molar-refractivity contribution is -0.119. The maximum absolute atomic E-state index is 12.8. The van der Waals surface area contributed by atoms with Crippen molar-refractivity contribution in [2.45, 2.75) is 37.7 Å². The molecular weight excluding hydrogens is 328 g/mol. The number of hydrogen-bond donors (Lipinski definition) is 2. The third-order valence-corrected chi connectivity index (χ3v) is 5.41. The molecule has 2 aromatic rings. The predicted molar refractivity (Wildman–Crippen MR) is 100 cm³/mol. The Kier molecular flexibility index (Phi) is 4.93. The zero-order valence-corrected chi connectivity index (χ0v) is 15.1.